The predicted molar refractivity (Wildman–Crippen MR) is 88.9 cm³/mol. The summed E-state index contributed by atoms with van der Waals surface area (Å²) in [6.45, 7) is 3.09. The summed E-state index contributed by atoms with van der Waals surface area (Å²) >= 11 is 0. The molecule has 0 aliphatic carbocycles. The van der Waals surface area contributed by atoms with Crippen molar-refractivity contribution in [2.24, 2.45) is 5.92 Å². The number of fused-ring (bicyclic) bond motifs is 1. The van der Waals surface area contributed by atoms with Crippen LogP contribution in [0.5, 0.6) is 0 Å². The summed E-state index contributed by atoms with van der Waals surface area (Å²) in [5.41, 5.74) is 1.19. The number of rotatable bonds is 4. The summed E-state index contributed by atoms with van der Waals surface area (Å²) in [6.07, 6.45) is 1.65. The molecular formula is C17H19N5O3. The van der Waals surface area contributed by atoms with E-state index in [1.54, 1.807) is 6.92 Å². The number of nitrogens with zero attached hydrogens (tertiary/aromatic N) is 3. The fraction of sp³-hybridized carbons (Fsp3) is 0.412. The highest BCUT2D eigenvalue weighted by Crippen LogP contribution is 2.30. The molecule has 0 spiro atoms. The van der Waals surface area contributed by atoms with E-state index in [1.807, 2.05) is 24.3 Å². The van der Waals surface area contributed by atoms with Gasteiger partial charge in [-0.15, -0.1) is 0 Å². The molecule has 2 aromatic heterocycles. The number of aromatic amines is 1. The number of carbonyl (C=O) groups is 1. The SMILES string of the molecule is Cc1noc(C(NC(=O)c2n[nH]c3ccccc23)C2CCOCC2)n1. The lowest BCUT2D eigenvalue weighted by Gasteiger charge is -2.28. The van der Waals surface area contributed by atoms with E-state index >= 15 is 0 Å². The summed E-state index contributed by atoms with van der Waals surface area (Å²) in [7, 11) is 0. The Balaban J connectivity index is 1.62. The molecule has 1 amide bonds. The Morgan fingerprint density at radius 1 is 1.32 bits per heavy atom. The van der Waals surface area contributed by atoms with Gasteiger partial charge in [0.1, 0.15) is 6.04 Å². The summed E-state index contributed by atoms with van der Waals surface area (Å²) in [4.78, 5) is 17.2. The van der Waals surface area contributed by atoms with E-state index in [0.29, 0.717) is 30.6 Å². The highest BCUT2D eigenvalue weighted by atomic mass is 16.5. The predicted octanol–water partition coefficient (Wildman–Crippen LogP) is 2.15. The zero-order valence-electron chi connectivity index (χ0n) is 13.9. The Bertz CT molecular complexity index is 881. The minimum Gasteiger partial charge on any atom is -0.381 e. The first-order valence-corrected chi connectivity index (χ1v) is 8.34. The van der Waals surface area contributed by atoms with Gasteiger partial charge in [-0.1, -0.05) is 23.4 Å². The maximum absolute atomic E-state index is 12.8. The van der Waals surface area contributed by atoms with Gasteiger partial charge in [0, 0.05) is 18.6 Å². The molecule has 0 bridgehead atoms. The van der Waals surface area contributed by atoms with E-state index in [2.05, 4.69) is 25.7 Å². The fourth-order valence-corrected chi connectivity index (χ4v) is 3.22. The van der Waals surface area contributed by atoms with Crippen molar-refractivity contribution in [1.29, 1.82) is 0 Å². The summed E-state index contributed by atoms with van der Waals surface area (Å²) in [5.74, 6) is 0.900. The minimum absolute atomic E-state index is 0.183. The summed E-state index contributed by atoms with van der Waals surface area (Å²) in [6, 6.07) is 7.18. The lowest BCUT2D eigenvalue weighted by molar-refractivity contribution is 0.0467. The maximum Gasteiger partial charge on any atom is 0.273 e. The molecule has 1 atom stereocenters. The number of carbonyl (C=O) groups excluding carboxylic acids is 1. The Hall–Kier alpha value is -2.74. The molecule has 1 aliphatic rings. The van der Waals surface area contributed by atoms with Gasteiger partial charge < -0.3 is 14.6 Å². The van der Waals surface area contributed by atoms with Crippen LogP contribution < -0.4 is 5.32 Å². The molecule has 25 heavy (non-hydrogen) atoms. The zero-order valence-corrected chi connectivity index (χ0v) is 13.9. The minimum atomic E-state index is -0.354. The molecule has 1 aromatic carbocycles. The van der Waals surface area contributed by atoms with Gasteiger partial charge in [-0.05, 0) is 31.7 Å². The number of nitrogens with one attached hydrogen (secondary N) is 2. The average molecular weight is 341 g/mol. The van der Waals surface area contributed by atoms with Crippen molar-refractivity contribution in [1.82, 2.24) is 25.7 Å². The van der Waals surface area contributed by atoms with Gasteiger partial charge in [0.15, 0.2) is 11.5 Å². The molecular weight excluding hydrogens is 322 g/mol. The van der Waals surface area contributed by atoms with E-state index in [-0.39, 0.29) is 17.9 Å². The number of H-pyrrole nitrogens is 1. The van der Waals surface area contributed by atoms with Gasteiger partial charge in [-0.3, -0.25) is 9.89 Å². The van der Waals surface area contributed by atoms with E-state index in [4.69, 9.17) is 9.26 Å². The number of para-hydroxylation sites is 1. The second kappa shape index (κ2) is 6.64. The van der Waals surface area contributed by atoms with Gasteiger partial charge >= 0.3 is 0 Å². The van der Waals surface area contributed by atoms with Crippen molar-refractivity contribution in [3.63, 3.8) is 0 Å². The number of ether oxygens (including phenoxy) is 1. The second-order valence-electron chi connectivity index (χ2n) is 6.20. The lowest BCUT2D eigenvalue weighted by atomic mass is 9.91. The number of hydrogen-bond donors (Lipinski definition) is 2. The van der Waals surface area contributed by atoms with Crippen molar-refractivity contribution in [3.05, 3.63) is 41.7 Å². The third kappa shape index (κ3) is 3.12. The van der Waals surface area contributed by atoms with E-state index < -0.39 is 0 Å². The van der Waals surface area contributed by atoms with Gasteiger partial charge in [-0.2, -0.15) is 10.1 Å². The number of aromatic nitrogens is 4. The molecule has 0 saturated carbocycles. The number of benzene rings is 1. The third-order valence-corrected chi connectivity index (χ3v) is 4.52. The molecule has 3 aromatic rings. The van der Waals surface area contributed by atoms with Crippen molar-refractivity contribution in [2.45, 2.75) is 25.8 Å². The Morgan fingerprint density at radius 2 is 2.12 bits per heavy atom. The Kier molecular flexibility index (Phi) is 4.19. The number of hydrogen-bond acceptors (Lipinski definition) is 6. The zero-order chi connectivity index (χ0) is 17.2. The van der Waals surface area contributed by atoms with Crippen LogP contribution in [0.4, 0.5) is 0 Å². The molecule has 4 rings (SSSR count). The van der Waals surface area contributed by atoms with Gasteiger partial charge in [0.25, 0.3) is 5.91 Å². The number of aryl methyl sites for hydroxylation is 1. The lowest BCUT2D eigenvalue weighted by Crippen LogP contribution is -2.36. The fourth-order valence-electron chi connectivity index (χ4n) is 3.22. The monoisotopic (exact) mass is 341 g/mol. The molecule has 8 nitrogen and oxygen atoms in total. The van der Waals surface area contributed by atoms with Crippen LogP contribution in [0.2, 0.25) is 0 Å². The topological polar surface area (TPSA) is 106 Å². The normalized spacial score (nSPS) is 16.8. The molecule has 0 radical (unpaired) electrons. The van der Waals surface area contributed by atoms with Crippen LogP contribution in [0.15, 0.2) is 28.8 Å². The summed E-state index contributed by atoms with van der Waals surface area (Å²) < 4.78 is 10.8. The number of amides is 1. The van der Waals surface area contributed by atoms with E-state index in [1.165, 1.54) is 0 Å². The molecule has 2 N–H and O–H groups in total. The van der Waals surface area contributed by atoms with E-state index in [9.17, 15) is 4.79 Å². The molecule has 1 aliphatic heterocycles. The van der Waals surface area contributed by atoms with Gasteiger partial charge in [0.05, 0.1) is 5.52 Å². The van der Waals surface area contributed by atoms with Crippen LogP contribution >= 0.6 is 0 Å². The average Bonchev–Trinajstić information content (AvgIpc) is 3.26. The molecule has 8 heteroatoms. The molecule has 130 valence electrons. The van der Waals surface area contributed by atoms with Crippen LogP contribution in [0, 0.1) is 12.8 Å². The molecule has 3 heterocycles. The summed E-state index contributed by atoms with van der Waals surface area (Å²) in [5, 5.41) is 14.7. The van der Waals surface area contributed by atoms with Gasteiger partial charge in [-0.25, -0.2) is 0 Å². The highest BCUT2D eigenvalue weighted by molar-refractivity contribution is 6.04. The van der Waals surface area contributed by atoms with E-state index in [0.717, 1.165) is 23.7 Å². The molecule has 1 saturated heterocycles. The standard InChI is InChI=1S/C17H19N5O3/c1-10-18-17(25-22-10)14(11-6-8-24-9-7-11)19-16(23)15-12-4-2-3-5-13(12)20-21-15/h2-5,11,14H,6-9H2,1H3,(H,19,23)(H,20,21). The first-order chi connectivity index (χ1) is 12.2. The first-order valence-electron chi connectivity index (χ1n) is 8.34. The van der Waals surface area contributed by atoms with Crippen molar-refractivity contribution in [2.75, 3.05) is 13.2 Å². The quantitative estimate of drug-likeness (QED) is 0.753. The first kappa shape index (κ1) is 15.8. The third-order valence-electron chi connectivity index (χ3n) is 4.52. The van der Waals surface area contributed by atoms with Crippen molar-refractivity contribution >= 4 is 16.8 Å². The smallest absolute Gasteiger partial charge is 0.273 e. The Labute approximate surface area is 143 Å². The Morgan fingerprint density at radius 3 is 2.88 bits per heavy atom. The van der Waals surface area contributed by atoms with Crippen LogP contribution in [0.1, 0.15) is 41.1 Å². The van der Waals surface area contributed by atoms with Crippen LogP contribution in [-0.4, -0.2) is 39.5 Å². The van der Waals surface area contributed by atoms with Crippen molar-refractivity contribution in [3.8, 4) is 0 Å². The highest BCUT2D eigenvalue weighted by Gasteiger charge is 2.32. The maximum atomic E-state index is 12.8. The van der Waals surface area contributed by atoms with Crippen molar-refractivity contribution < 1.29 is 14.1 Å². The second-order valence-corrected chi connectivity index (χ2v) is 6.20. The van der Waals surface area contributed by atoms with Gasteiger partial charge in [0.2, 0.25) is 5.89 Å². The van der Waals surface area contributed by atoms with Crippen LogP contribution in [0.25, 0.3) is 10.9 Å². The van der Waals surface area contributed by atoms with Crippen LogP contribution in [0.3, 0.4) is 0 Å². The largest absolute Gasteiger partial charge is 0.381 e. The molecule has 1 fully saturated rings. The van der Waals surface area contributed by atoms with Crippen LogP contribution in [-0.2, 0) is 4.74 Å². The molecule has 1 unspecified atom stereocenters.